The van der Waals surface area contributed by atoms with E-state index in [1.54, 1.807) is 38.2 Å². The monoisotopic (exact) mass is 208 g/mol. The summed E-state index contributed by atoms with van der Waals surface area (Å²) >= 11 is 0. The molecule has 15 heavy (non-hydrogen) atoms. The third kappa shape index (κ3) is 3.19. The van der Waals surface area contributed by atoms with E-state index in [1.165, 1.54) is 0 Å². The highest BCUT2D eigenvalue weighted by atomic mass is 16.2. The molecule has 1 N–H and O–H groups in total. The molecule has 1 aromatic rings. The lowest BCUT2D eigenvalue weighted by atomic mass is 10.3. The number of aromatic nitrogens is 2. The molecule has 82 valence electrons. The van der Waals surface area contributed by atoms with Crippen LogP contribution in [0, 0.1) is 6.92 Å². The van der Waals surface area contributed by atoms with Crippen molar-refractivity contribution < 1.29 is 4.79 Å². The molecule has 1 unspecified atom stereocenters. The Kier molecular flexibility index (Phi) is 3.60. The predicted molar refractivity (Wildman–Crippen MR) is 58.5 cm³/mol. The lowest BCUT2D eigenvalue weighted by molar-refractivity contribution is -0.129. The Morgan fingerprint density at radius 1 is 1.53 bits per heavy atom. The molecule has 0 bridgehead atoms. The Hall–Kier alpha value is -1.65. The molecule has 0 spiro atoms. The number of nitrogens with zero attached hydrogens (tertiary/aromatic N) is 3. The molecule has 0 aliphatic rings. The molecular weight excluding hydrogens is 192 g/mol. The van der Waals surface area contributed by atoms with Gasteiger partial charge in [0.2, 0.25) is 5.91 Å². The molecule has 0 saturated carbocycles. The maximum absolute atomic E-state index is 11.6. The van der Waals surface area contributed by atoms with Crippen molar-refractivity contribution in [3.05, 3.63) is 18.1 Å². The first-order valence-electron chi connectivity index (χ1n) is 4.78. The molecule has 0 radical (unpaired) electrons. The average Bonchev–Trinajstić information content (AvgIpc) is 2.16. The third-order valence-electron chi connectivity index (χ3n) is 1.95. The third-order valence-corrected chi connectivity index (χ3v) is 1.95. The van der Waals surface area contributed by atoms with E-state index in [9.17, 15) is 4.79 Å². The van der Waals surface area contributed by atoms with Crippen LogP contribution in [-0.4, -0.2) is 40.9 Å². The van der Waals surface area contributed by atoms with Crippen LogP contribution < -0.4 is 5.32 Å². The summed E-state index contributed by atoms with van der Waals surface area (Å²) in [6, 6.07) is 1.46. The molecule has 5 nitrogen and oxygen atoms in total. The number of likely N-dealkylation sites (N-methyl/N-ethyl adjacent to an activating group) is 1. The molecule has 0 saturated heterocycles. The van der Waals surface area contributed by atoms with Gasteiger partial charge in [0.1, 0.15) is 17.7 Å². The summed E-state index contributed by atoms with van der Waals surface area (Å²) in [6.07, 6.45) is 1.66. The van der Waals surface area contributed by atoms with Crippen LogP contribution in [-0.2, 0) is 4.79 Å². The molecule has 1 heterocycles. The quantitative estimate of drug-likeness (QED) is 0.793. The fourth-order valence-corrected chi connectivity index (χ4v) is 1.21. The van der Waals surface area contributed by atoms with E-state index in [0.29, 0.717) is 11.6 Å². The second-order valence-corrected chi connectivity index (χ2v) is 3.59. The summed E-state index contributed by atoms with van der Waals surface area (Å²) in [7, 11) is 3.46. The molecule has 1 aromatic heterocycles. The zero-order valence-corrected chi connectivity index (χ0v) is 9.48. The van der Waals surface area contributed by atoms with Gasteiger partial charge in [-0.15, -0.1) is 0 Å². The van der Waals surface area contributed by atoms with Gasteiger partial charge in [-0.3, -0.25) is 4.79 Å². The maximum atomic E-state index is 11.6. The lowest BCUT2D eigenvalue weighted by Gasteiger charge is -2.18. The Morgan fingerprint density at radius 2 is 2.20 bits per heavy atom. The summed E-state index contributed by atoms with van der Waals surface area (Å²) in [5.41, 5.74) is 0. The first-order chi connectivity index (χ1) is 7.00. The largest absolute Gasteiger partial charge is 0.359 e. The van der Waals surface area contributed by atoms with Crippen molar-refractivity contribution in [2.24, 2.45) is 0 Å². The molecule has 0 aromatic carbocycles. The molecule has 0 aliphatic heterocycles. The van der Waals surface area contributed by atoms with Crippen molar-refractivity contribution >= 4 is 11.7 Å². The van der Waals surface area contributed by atoms with Crippen LogP contribution in [0.4, 0.5) is 5.82 Å². The smallest absolute Gasteiger partial charge is 0.244 e. The Morgan fingerprint density at radius 3 is 2.73 bits per heavy atom. The molecule has 1 rings (SSSR count). The molecule has 1 amide bonds. The van der Waals surface area contributed by atoms with Gasteiger partial charge >= 0.3 is 0 Å². The predicted octanol–water partition coefficient (Wildman–Crippen LogP) is 0.674. The zero-order valence-electron chi connectivity index (χ0n) is 9.48. The van der Waals surface area contributed by atoms with Gasteiger partial charge in [-0.2, -0.15) is 0 Å². The number of carbonyl (C=O) groups is 1. The Bertz CT molecular complexity index is 351. The molecule has 5 heteroatoms. The number of carbonyl (C=O) groups excluding carboxylic acids is 1. The van der Waals surface area contributed by atoms with E-state index < -0.39 is 0 Å². The van der Waals surface area contributed by atoms with Gasteiger partial charge in [0.05, 0.1) is 0 Å². The van der Waals surface area contributed by atoms with Crippen molar-refractivity contribution in [3.63, 3.8) is 0 Å². The van der Waals surface area contributed by atoms with Gasteiger partial charge < -0.3 is 10.2 Å². The van der Waals surface area contributed by atoms with E-state index in [-0.39, 0.29) is 11.9 Å². The number of rotatable bonds is 3. The van der Waals surface area contributed by atoms with Crippen LogP contribution in [0.25, 0.3) is 0 Å². The van der Waals surface area contributed by atoms with Crippen LogP contribution in [0.3, 0.4) is 0 Å². The van der Waals surface area contributed by atoms with Crippen LogP contribution in [0.1, 0.15) is 12.7 Å². The van der Waals surface area contributed by atoms with Gasteiger partial charge in [0.15, 0.2) is 0 Å². The zero-order chi connectivity index (χ0) is 11.4. The molecule has 0 aliphatic carbocycles. The first-order valence-corrected chi connectivity index (χ1v) is 4.78. The number of nitrogens with one attached hydrogen (secondary N) is 1. The Balaban J connectivity index is 2.66. The summed E-state index contributed by atoms with van der Waals surface area (Å²) in [5, 5.41) is 3.02. The minimum absolute atomic E-state index is 0.0197. The van der Waals surface area contributed by atoms with Crippen molar-refractivity contribution in [3.8, 4) is 0 Å². The SMILES string of the molecule is Cc1nccc(NC(C)C(=O)N(C)C)n1. The van der Waals surface area contributed by atoms with Crippen LogP contribution in [0.5, 0.6) is 0 Å². The van der Waals surface area contributed by atoms with Crippen LogP contribution in [0.2, 0.25) is 0 Å². The van der Waals surface area contributed by atoms with Gasteiger partial charge in [0, 0.05) is 20.3 Å². The standard InChI is InChI=1S/C10H16N4O/c1-7(10(15)14(3)4)12-9-5-6-11-8(2)13-9/h5-7H,1-4H3,(H,11,12,13). The Labute approximate surface area is 89.5 Å². The maximum Gasteiger partial charge on any atom is 0.244 e. The molecule has 1 atom stereocenters. The summed E-state index contributed by atoms with van der Waals surface area (Å²) in [6.45, 7) is 3.61. The van der Waals surface area contributed by atoms with Crippen molar-refractivity contribution in [1.82, 2.24) is 14.9 Å². The minimum Gasteiger partial charge on any atom is -0.359 e. The minimum atomic E-state index is -0.283. The van der Waals surface area contributed by atoms with Gasteiger partial charge in [-0.05, 0) is 19.9 Å². The number of aryl methyl sites for hydroxylation is 1. The van der Waals surface area contributed by atoms with Crippen molar-refractivity contribution in [1.29, 1.82) is 0 Å². The van der Waals surface area contributed by atoms with Crippen molar-refractivity contribution in [2.75, 3.05) is 19.4 Å². The summed E-state index contributed by atoms with van der Waals surface area (Å²) in [4.78, 5) is 21.2. The van der Waals surface area contributed by atoms with Gasteiger partial charge in [0.25, 0.3) is 0 Å². The summed E-state index contributed by atoms with van der Waals surface area (Å²) in [5.74, 6) is 1.38. The fraction of sp³-hybridized carbons (Fsp3) is 0.500. The highest BCUT2D eigenvalue weighted by molar-refractivity contribution is 5.83. The van der Waals surface area contributed by atoms with Crippen LogP contribution in [0.15, 0.2) is 12.3 Å². The van der Waals surface area contributed by atoms with E-state index >= 15 is 0 Å². The van der Waals surface area contributed by atoms with E-state index in [4.69, 9.17) is 0 Å². The van der Waals surface area contributed by atoms with E-state index in [1.807, 2.05) is 6.92 Å². The second-order valence-electron chi connectivity index (χ2n) is 3.59. The van der Waals surface area contributed by atoms with Crippen molar-refractivity contribution in [2.45, 2.75) is 19.9 Å². The highest BCUT2D eigenvalue weighted by Gasteiger charge is 2.14. The number of hydrogen-bond acceptors (Lipinski definition) is 4. The lowest BCUT2D eigenvalue weighted by Crippen LogP contribution is -2.36. The normalized spacial score (nSPS) is 12.0. The topological polar surface area (TPSA) is 58.1 Å². The van der Waals surface area contributed by atoms with E-state index in [0.717, 1.165) is 0 Å². The summed E-state index contributed by atoms with van der Waals surface area (Å²) < 4.78 is 0. The average molecular weight is 208 g/mol. The van der Waals surface area contributed by atoms with Crippen LogP contribution >= 0.6 is 0 Å². The first kappa shape index (κ1) is 11.4. The number of amides is 1. The van der Waals surface area contributed by atoms with Gasteiger partial charge in [-0.25, -0.2) is 9.97 Å². The second kappa shape index (κ2) is 4.72. The fourth-order valence-electron chi connectivity index (χ4n) is 1.21. The number of hydrogen-bond donors (Lipinski definition) is 1. The van der Waals surface area contributed by atoms with Gasteiger partial charge in [-0.1, -0.05) is 0 Å². The molecular formula is C10H16N4O. The van der Waals surface area contributed by atoms with E-state index in [2.05, 4.69) is 15.3 Å². The molecule has 0 fully saturated rings. The number of anilines is 1. The highest BCUT2D eigenvalue weighted by Crippen LogP contribution is 2.04.